The third-order valence-electron chi connectivity index (χ3n) is 4.16. The molecule has 3 nitrogen and oxygen atoms in total. The second-order valence-corrected chi connectivity index (χ2v) is 4.86. The van der Waals surface area contributed by atoms with Crippen molar-refractivity contribution >= 4 is 5.78 Å². The Balaban J connectivity index is 1.79. The first-order valence-electron chi connectivity index (χ1n) is 5.50. The quantitative estimate of drug-likeness (QED) is 0.635. The molecule has 3 rings (SSSR count). The topological polar surface area (TPSA) is 35.5 Å². The smallest absolute Gasteiger partial charge is 0.171 e. The lowest BCUT2D eigenvalue weighted by Crippen LogP contribution is -2.39. The minimum absolute atomic E-state index is 0.281. The summed E-state index contributed by atoms with van der Waals surface area (Å²) >= 11 is 0. The van der Waals surface area contributed by atoms with Crippen molar-refractivity contribution in [3.05, 3.63) is 0 Å². The zero-order valence-electron chi connectivity index (χ0n) is 8.49. The van der Waals surface area contributed by atoms with Crippen LogP contribution in [0.5, 0.6) is 0 Å². The molecule has 0 unspecified atom stereocenters. The minimum atomic E-state index is -0.281. The van der Waals surface area contributed by atoms with Gasteiger partial charge >= 0.3 is 0 Å². The number of Topliss-reactive ketones (excluding diaryl/α,β-unsaturated/α-hetero) is 1. The molecule has 3 fully saturated rings. The summed E-state index contributed by atoms with van der Waals surface area (Å²) in [5, 5.41) is 0. The van der Waals surface area contributed by atoms with Crippen LogP contribution in [0.2, 0.25) is 0 Å². The molecule has 0 aromatic heterocycles. The monoisotopic (exact) mass is 196 g/mol. The minimum Gasteiger partial charge on any atom is -0.347 e. The van der Waals surface area contributed by atoms with Crippen molar-refractivity contribution in [2.75, 3.05) is 13.2 Å². The van der Waals surface area contributed by atoms with E-state index in [1.165, 1.54) is 0 Å². The van der Waals surface area contributed by atoms with Crippen LogP contribution >= 0.6 is 0 Å². The second kappa shape index (κ2) is 2.80. The Morgan fingerprint density at radius 2 is 2.00 bits per heavy atom. The van der Waals surface area contributed by atoms with E-state index in [1.807, 2.05) is 0 Å². The molecule has 3 atom stereocenters. The summed E-state index contributed by atoms with van der Waals surface area (Å²) in [6, 6.07) is 0. The Kier molecular flexibility index (Phi) is 1.77. The first-order valence-corrected chi connectivity index (χ1v) is 5.50. The molecule has 0 aromatic carbocycles. The van der Waals surface area contributed by atoms with Crippen LogP contribution < -0.4 is 0 Å². The molecule has 1 spiro atoms. The number of carbonyl (C=O) groups is 1. The third kappa shape index (κ3) is 1.03. The van der Waals surface area contributed by atoms with Gasteiger partial charge in [0.25, 0.3) is 0 Å². The molecule has 3 aliphatic rings. The zero-order chi connectivity index (χ0) is 9.76. The highest BCUT2D eigenvalue weighted by molar-refractivity contribution is 5.79. The van der Waals surface area contributed by atoms with Gasteiger partial charge in [0.15, 0.2) is 5.79 Å². The van der Waals surface area contributed by atoms with Gasteiger partial charge in [0, 0.05) is 18.3 Å². The summed E-state index contributed by atoms with van der Waals surface area (Å²) in [7, 11) is 0. The van der Waals surface area contributed by atoms with Crippen LogP contribution in [0.3, 0.4) is 0 Å². The maximum Gasteiger partial charge on any atom is 0.171 e. The van der Waals surface area contributed by atoms with E-state index in [0.29, 0.717) is 23.5 Å². The van der Waals surface area contributed by atoms with Crippen LogP contribution in [0.1, 0.15) is 26.2 Å². The van der Waals surface area contributed by atoms with E-state index in [2.05, 4.69) is 0 Å². The molecule has 0 amide bonds. The zero-order valence-corrected chi connectivity index (χ0v) is 8.49. The highest BCUT2D eigenvalue weighted by Gasteiger charge is 2.59. The Hall–Kier alpha value is -0.410. The number of carbonyl (C=O) groups excluding carboxylic acids is 1. The van der Waals surface area contributed by atoms with Crippen LogP contribution in [0, 0.1) is 17.8 Å². The van der Waals surface area contributed by atoms with Gasteiger partial charge in [0.2, 0.25) is 0 Å². The molecule has 3 heteroatoms. The van der Waals surface area contributed by atoms with Crippen LogP contribution in [0.4, 0.5) is 0 Å². The molecule has 2 saturated carbocycles. The Morgan fingerprint density at radius 1 is 1.29 bits per heavy atom. The summed E-state index contributed by atoms with van der Waals surface area (Å²) < 4.78 is 11.5. The molecule has 1 heterocycles. The van der Waals surface area contributed by atoms with Crippen molar-refractivity contribution < 1.29 is 14.3 Å². The number of ketones is 1. The van der Waals surface area contributed by atoms with Gasteiger partial charge in [-0.05, 0) is 25.7 Å². The summed E-state index contributed by atoms with van der Waals surface area (Å²) in [6.45, 7) is 3.18. The van der Waals surface area contributed by atoms with Gasteiger partial charge in [-0.15, -0.1) is 0 Å². The van der Waals surface area contributed by atoms with Crippen molar-refractivity contribution in [2.45, 2.75) is 32.0 Å². The van der Waals surface area contributed by atoms with E-state index in [0.717, 1.165) is 32.5 Å². The standard InChI is InChI=1S/C11H16O3/c1-7(12)10-5-9-4-8(10)6-11(9)13-2-3-14-11/h8-10H,2-6H2,1H3/t8-,9-,10-/m1/s1. The summed E-state index contributed by atoms with van der Waals surface area (Å²) in [6.07, 6.45) is 3.06. The summed E-state index contributed by atoms with van der Waals surface area (Å²) in [5.41, 5.74) is 0. The van der Waals surface area contributed by atoms with E-state index >= 15 is 0 Å². The van der Waals surface area contributed by atoms with Gasteiger partial charge < -0.3 is 9.47 Å². The average Bonchev–Trinajstić information content (AvgIpc) is 2.79. The SMILES string of the molecule is CC(=O)[C@H]1C[C@H]2C[C@@H]1CC21OCCO1. The van der Waals surface area contributed by atoms with Gasteiger partial charge in [0.1, 0.15) is 5.78 Å². The maximum absolute atomic E-state index is 11.4. The van der Waals surface area contributed by atoms with Gasteiger partial charge in [-0.1, -0.05) is 0 Å². The van der Waals surface area contributed by atoms with Crippen LogP contribution in [-0.4, -0.2) is 24.8 Å². The second-order valence-electron chi connectivity index (χ2n) is 4.86. The molecule has 14 heavy (non-hydrogen) atoms. The molecular formula is C11H16O3. The number of rotatable bonds is 1. The van der Waals surface area contributed by atoms with E-state index in [-0.39, 0.29) is 5.79 Å². The van der Waals surface area contributed by atoms with Gasteiger partial charge in [0.05, 0.1) is 13.2 Å². The van der Waals surface area contributed by atoms with E-state index in [4.69, 9.17) is 9.47 Å². The van der Waals surface area contributed by atoms with Gasteiger partial charge in [-0.3, -0.25) is 4.79 Å². The fraction of sp³-hybridized carbons (Fsp3) is 0.909. The van der Waals surface area contributed by atoms with Crippen LogP contribution in [0.25, 0.3) is 0 Å². The van der Waals surface area contributed by atoms with Crippen molar-refractivity contribution in [3.63, 3.8) is 0 Å². The van der Waals surface area contributed by atoms with E-state index in [9.17, 15) is 4.79 Å². The molecule has 0 N–H and O–H groups in total. The fourth-order valence-electron chi connectivity index (χ4n) is 3.56. The summed E-state index contributed by atoms with van der Waals surface area (Å²) in [4.78, 5) is 11.4. The Labute approximate surface area is 83.8 Å². The molecule has 0 aromatic rings. The maximum atomic E-state index is 11.4. The highest BCUT2D eigenvalue weighted by atomic mass is 16.7. The first-order chi connectivity index (χ1) is 6.71. The normalized spacial score (nSPS) is 43.6. The van der Waals surface area contributed by atoms with E-state index in [1.54, 1.807) is 6.92 Å². The predicted molar refractivity (Wildman–Crippen MR) is 49.6 cm³/mol. The van der Waals surface area contributed by atoms with E-state index < -0.39 is 0 Å². The van der Waals surface area contributed by atoms with Crippen molar-refractivity contribution in [2.24, 2.45) is 17.8 Å². The number of hydrogen-bond acceptors (Lipinski definition) is 3. The molecule has 0 radical (unpaired) electrons. The predicted octanol–water partition coefficient (Wildman–Crippen LogP) is 1.36. The molecule has 78 valence electrons. The third-order valence-corrected chi connectivity index (χ3v) is 4.16. The lowest BCUT2D eigenvalue weighted by molar-refractivity contribution is -0.194. The molecule has 2 aliphatic carbocycles. The lowest BCUT2D eigenvalue weighted by Gasteiger charge is -2.34. The van der Waals surface area contributed by atoms with Crippen molar-refractivity contribution in [1.82, 2.24) is 0 Å². The summed E-state index contributed by atoms with van der Waals surface area (Å²) in [5.74, 6) is 1.36. The highest BCUT2D eigenvalue weighted by Crippen LogP contribution is 2.57. The van der Waals surface area contributed by atoms with Crippen LogP contribution in [0.15, 0.2) is 0 Å². The van der Waals surface area contributed by atoms with Gasteiger partial charge in [-0.2, -0.15) is 0 Å². The number of hydrogen-bond donors (Lipinski definition) is 0. The number of ether oxygens (including phenoxy) is 2. The van der Waals surface area contributed by atoms with Crippen molar-refractivity contribution in [1.29, 1.82) is 0 Å². The molecule has 2 bridgehead atoms. The van der Waals surface area contributed by atoms with Crippen molar-refractivity contribution in [3.8, 4) is 0 Å². The molecule has 1 aliphatic heterocycles. The Morgan fingerprint density at radius 3 is 2.50 bits per heavy atom. The largest absolute Gasteiger partial charge is 0.347 e. The van der Waals surface area contributed by atoms with Crippen LogP contribution in [-0.2, 0) is 14.3 Å². The molecule has 1 saturated heterocycles. The first kappa shape index (κ1) is 8.86. The number of fused-ring (bicyclic) bond motifs is 3. The average molecular weight is 196 g/mol. The fourth-order valence-corrected chi connectivity index (χ4v) is 3.56. The van der Waals surface area contributed by atoms with Gasteiger partial charge in [-0.25, -0.2) is 0 Å². The Bertz CT molecular complexity index is 268. The lowest BCUT2D eigenvalue weighted by atomic mass is 9.83. The molecular weight excluding hydrogens is 180 g/mol.